The van der Waals surface area contributed by atoms with E-state index in [9.17, 15) is 14.7 Å². The molecule has 1 unspecified atom stereocenters. The van der Waals surface area contributed by atoms with E-state index in [1.165, 1.54) is 11.3 Å². The number of aliphatic carboxylic acids is 1. The average Bonchev–Trinajstić information content (AvgIpc) is 2.92. The number of carboxylic acids is 1. The molecule has 2 rings (SSSR count). The molecule has 0 bridgehead atoms. The Kier molecular flexibility index (Phi) is 4.20. The lowest BCUT2D eigenvalue weighted by atomic mass is 9.79. The first-order valence-corrected chi connectivity index (χ1v) is 7.07. The third-order valence-corrected chi connectivity index (χ3v) is 3.89. The summed E-state index contributed by atoms with van der Waals surface area (Å²) in [5.74, 6) is -1.32. The molecule has 0 aliphatic carbocycles. The lowest BCUT2D eigenvalue weighted by molar-refractivity contribution is -0.145. The van der Waals surface area contributed by atoms with Gasteiger partial charge in [-0.1, -0.05) is 30.3 Å². The minimum absolute atomic E-state index is 0.109. The molecular weight excluding hydrogens is 274 g/mol. The fourth-order valence-corrected chi connectivity index (χ4v) is 2.56. The van der Waals surface area contributed by atoms with E-state index in [1.54, 1.807) is 42.6 Å². The number of thiophene rings is 1. The van der Waals surface area contributed by atoms with Gasteiger partial charge in [0.2, 0.25) is 5.91 Å². The summed E-state index contributed by atoms with van der Waals surface area (Å²) in [6, 6.07) is 10.6. The lowest BCUT2D eigenvalue weighted by Crippen LogP contribution is -2.36. The Morgan fingerprint density at radius 1 is 1.25 bits per heavy atom. The quantitative estimate of drug-likeness (QED) is 0.888. The summed E-state index contributed by atoms with van der Waals surface area (Å²) in [4.78, 5) is 23.6. The highest BCUT2D eigenvalue weighted by Gasteiger charge is 2.37. The molecule has 1 aromatic carbocycles. The van der Waals surface area contributed by atoms with Crippen molar-refractivity contribution in [2.75, 3.05) is 5.32 Å². The maximum atomic E-state index is 12.0. The molecule has 4 nitrogen and oxygen atoms in total. The zero-order valence-electron chi connectivity index (χ0n) is 11.0. The molecule has 0 saturated heterocycles. The van der Waals surface area contributed by atoms with Crippen LogP contribution in [0.15, 0.2) is 47.2 Å². The highest BCUT2D eigenvalue weighted by atomic mass is 32.1. The standard InChI is InChI=1S/C15H15NO3S/c1-15(14(18)19,11-5-3-2-4-6-11)9-13(17)16-12-7-8-20-10-12/h2-8,10H,9H2,1H3,(H,16,17)(H,18,19). The molecule has 0 fully saturated rings. The van der Waals surface area contributed by atoms with Gasteiger partial charge in [-0.3, -0.25) is 9.59 Å². The van der Waals surface area contributed by atoms with Crippen LogP contribution in [0.5, 0.6) is 0 Å². The first-order valence-electron chi connectivity index (χ1n) is 6.13. The molecule has 1 heterocycles. The van der Waals surface area contributed by atoms with Crippen LogP contribution in [0.25, 0.3) is 0 Å². The van der Waals surface area contributed by atoms with Crippen molar-refractivity contribution in [1.29, 1.82) is 0 Å². The number of hydrogen-bond donors (Lipinski definition) is 2. The molecule has 5 heteroatoms. The topological polar surface area (TPSA) is 66.4 Å². The zero-order valence-corrected chi connectivity index (χ0v) is 11.8. The Balaban J connectivity index is 2.18. The third kappa shape index (κ3) is 3.05. The van der Waals surface area contributed by atoms with Crippen LogP contribution < -0.4 is 5.32 Å². The largest absolute Gasteiger partial charge is 0.481 e. The highest BCUT2D eigenvalue weighted by molar-refractivity contribution is 7.08. The molecule has 1 amide bonds. The van der Waals surface area contributed by atoms with E-state index < -0.39 is 11.4 Å². The van der Waals surface area contributed by atoms with Gasteiger partial charge in [0.1, 0.15) is 0 Å². The summed E-state index contributed by atoms with van der Waals surface area (Å²) in [5.41, 5.74) is 0.0789. The van der Waals surface area contributed by atoms with Crippen LogP contribution >= 0.6 is 11.3 Å². The summed E-state index contributed by atoms with van der Waals surface area (Å²) in [5, 5.41) is 15.8. The Morgan fingerprint density at radius 2 is 1.95 bits per heavy atom. The lowest BCUT2D eigenvalue weighted by Gasteiger charge is -2.24. The number of benzene rings is 1. The first-order chi connectivity index (χ1) is 9.52. The van der Waals surface area contributed by atoms with E-state index >= 15 is 0 Å². The molecule has 0 aliphatic heterocycles. The smallest absolute Gasteiger partial charge is 0.314 e. The van der Waals surface area contributed by atoms with Crippen molar-refractivity contribution in [2.45, 2.75) is 18.8 Å². The van der Waals surface area contributed by atoms with Crippen LogP contribution in [0.1, 0.15) is 18.9 Å². The second-order valence-corrected chi connectivity index (χ2v) is 5.52. The SMILES string of the molecule is CC(CC(=O)Nc1ccsc1)(C(=O)O)c1ccccc1. The van der Waals surface area contributed by atoms with Crippen LogP contribution in [0.3, 0.4) is 0 Å². The number of carbonyl (C=O) groups is 2. The normalized spacial score (nSPS) is 13.4. The van der Waals surface area contributed by atoms with Gasteiger partial charge in [0.25, 0.3) is 0 Å². The van der Waals surface area contributed by atoms with Gasteiger partial charge in [-0.2, -0.15) is 11.3 Å². The van der Waals surface area contributed by atoms with Crippen molar-refractivity contribution in [1.82, 2.24) is 0 Å². The van der Waals surface area contributed by atoms with Gasteiger partial charge in [-0.05, 0) is 23.9 Å². The van der Waals surface area contributed by atoms with E-state index in [0.717, 1.165) is 0 Å². The van der Waals surface area contributed by atoms with Crippen molar-refractivity contribution >= 4 is 28.9 Å². The fourth-order valence-electron chi connectivity index (χ4n) is 1.97. The maximum Gasteiger partial charge on any atom is 0.314 e. The molecule has 0 spiro atoms. The molecule has 1 aromatic heterocycles. The molecule has 0 aliphatic rings. The number of carbonyl (C=O) groups excluding carboxylic acids is 1. The average molecular weight is 289 g/mol. The van der Waals surface area contributed by atoms with Gasteiger partial charge in [0.05, 0.1) is 11.1 Å². The van der Waals surface area contributed by atoms with Gasteiger partial charge in [-0.15, -0.1) is 0 Å². The minimum Gasteiger partial charge on any atom is -0.481 e. The van der Waals surface area contributed by atoms with Crippen LogP contribution in [0.4, 0.5) is 5.69 Å². The number of carboxylic acid groups (broad SMARTS) is 1. The van der Waals surface area contributed by atoms with Gasteiger partial charge in [0.15, 0.2) is 0 Å². The molecule has 0 radical (unpaired) electrons. The van der Waals surface area contributed by atoms with Crippen LogP contribution in [-0.4, -0.2) is 17.0 Å². The number of amides is 1. The Morgan fingerprint density at radius 3 is 2.50 bits per heavy atom. The van der Waals surface area contributed by atoms with Crippen molar-refractivity contribution < 1.29 is 14.7 Å². The van der Waals surface area contributed by atoms with E-state index in [1.807, 2.05) is 11.4 Å². The monoisotopic (exact) mass is 289 g/mol. The molecule has 0 saturated carbocycles. The molecule has 104 valence electrons. The third-order valence-electron chi connectivity index (χ3n) is 3.20. The molecule has 2 aromatic rings. The minimum atomic E-state index is -1.23. The van der Waals surface area contributed by atoms with Gasteiger partial charge >= 0.3 is 5.97 Å². The maximum absolute atomic E-state index is 12.0. The van der Waals surface area contributed by atoms with Crippen molar-refractivity contribution in [2.24, 2.45) is 0 Å². The predicted octanol–water partition coefficient (Wildman–Crippen LogP) is 3.12. The fraction of sp³-hybridized carbons (Fsp3) is 0.200. The molecule has 2 N–H and O–H groups in total. The Bertz CT molecular complexity index is 595. The van der Waals surface area contributed by atoms with E-state index in [0.29, 0.717) is 11.3 Å². The first kappa shape index (κ1) is 14.3. The Labute approximate surface area is 121 Å². The van der Waals surface area contributed by atoms with Crippen LogP contribution in [-0.2, 0) is 15.0 Å². The second kappa shape index (κ2) is 5.88. The summed E-state index contributed by atoms with van der Waals surface area (Å²) in [6.07, 6.45) is -0.109. The number of rotatable bonds is 5. The number of hydrogen-bond acceptors (Lipinski definition) is 3. The van der Waals surface area contributed by atoms with E-state index in [2.05, 4.69) is 5.32 Å². The van der Waals surface area contributed by atoms with E-state index in [-0.39, 0.29) is 12.3 Å². The molecule has 20 heavy (non-hydrogen) atoms. The zero-order chi connectivity index (χ0) is 14.6. The Hall–Kier alpha value is -2.14. The predicted molar refractivity (Wildman–Crippen MR) is 79.0 cm³/mol. The molecular formula is C15H15NO3S. The van der Waals surface area contributed by atoms with Gasteiger partial charge in [-0.25, -0.2) is 0 Å². The van der Waals surface area contributed by atoms with Gasteiger partial charge < -0.3 is 10.4 Å². The van der Waals surface area contributed by atoms with Gasteiger partial charge in [0, 0.05) is 11.8 Å². The summed E-state index contributed by atoms with van der Waals surface area (Å²) in [7, 11) is 0. The van der Waals surface area contributed by atoms with Crippen LogP contribution in [0.2, 0.25) is 0 Å². The van der Waals surface area contributed by atoms with Crippen molar-refractivity contribution in [3.63, 3.8) is 0 Å². The summed E-state index contributed by atoms with van der Waals surface area (Å²) in [6.45, 7) is 1.57. The van der Waals surface area contributed by atoms with Crippen molar-refractivity contribution in [3.05, 3.63) is 52.7 Å². The second-order valence-electron chi connectivity index (χ2n) is 4.74. The summed E-state index contributed by atoms with van der Waals surface area (Å²) >= 11 is 1.47. The van der Waals surface area contributed by atoms with Crippen LogP contribution in [0, 0.1) is 0 Å². The number of nitrogens with one attached hydrogen (secondary N) is 1. The molecule has 1 atom stereocenters. The van der Waals surface area contributed by atoms with Crippen molar-refractivity contribution in [3.8, 4) is 0 Å². The number of anilines is 1. The highest BCUT2D eigenvalue weighted by Crippen LogP contribution is 2.28. The summed E-state index contributed by atoms with van der Waals surface area (Å²) < 4.78 is 0. The van der Waals surface area contributed by atoms with E-state index in [4.69, 9.17) is 0 Å².